The van der Waals surface area contributed by atoms with Crippen molar-refractivity contribution in [1.29, 1.82) is 0 Å². The average molecular weight is 260 g/mol. The molecule has 1 aliphatic carbocycles. The Labute approximate surface area is 116 Å². The molecule has 0 heterocycles. The van der Waals surface area contributed by atoms with Crippen molar-refractivity contribution >= 4 is 16.7 Å². The van der Waals surface area contributed by atoms with Crippen molar-refractivity contribution in [3.05, 3.63) is 60.2 Å². The molecule has 0 aliphatic heterocycles. The van der Waals surface area contributed by atoms with Crippen molar-refractivity contribution in [3.8, 4) is 22.3 Å². The van der Waals surface area contributed by atoms with Crippen LogP contribution in [0.15, 0.2) is 54.6 Å². The lowest BCUT2D eigenvalue weighted by molar-refractivity contribution is -0.136. The van der Waals surface area contributed by atoms with Crippen LogP contribution in [0.4, 0.5) is 0 Å². The standard InChI is InChI=1S/C18H12O2/c19-17(20)10-11-8-9-16-14-5-2-1-4-13(14)15-7-3-6-12(11)18(15)16/h1-9H,10H2,(H,19,20). The number of hydrogen-bond donors (Lipinski definition) is 1. The molecule has 3 aromatic carbocycles. The third-order valence-electron chi connectivity index (χ3n) is 3.98. The molecule has 4 rings (SSSR count). The number of carboxylic acid groups (broad SMARTS) is 1. The van der Waals surface area contributed by atoms with E-state index in [0.29, 0.717) is 0 Å². The maximum atomic E-state index is 11.0. The highest BCUT2D eigenvalue weighted by Gasteiger charge is 2.21. The largest absolute Gasteiger partial charge is 0.481 e. The summed E-state index contributed by atoms with van der Waals surface area (Å²) in [6.07, 6.45) is 0.0661. The van der Waals surface area contributed by atoms with E-state index in [-0.39, 0.29) is 6.42 Å². The number of carbonyl (C=O) groups is 1. The lowest BCUT2D eigenvalue weighted by Crippen LogP contribution is -2.00. The Hall–Kier alpha value is -2.61. The second-order valence-corrected chi connectivity index (χ2v) is 5.12. The van der Waals surface area contributed by atoms with Crippen LogP contribution in [0.1, 0.15) is 5.56 Å². The topological polar surface area (TPSA) is 37.3 Å². The monoisotopic (exact) mass is 260 g/mol. The van der Waals surface area contributed by atoms with Crippen LogP contribution in [0.2, 0.25) is 0 Å². The predicted molar refractivity (Wildman–Crippen MR) is 79.7 cm³/mol. The smallest absolute Gasteiger partial charge is 0.307 e. The number of benzene rings is 3. The molecule has 20 heavy (non-hydrogen) atoms. The first-order valence-corrected chi connectivity index (χ1v) is 6.62. The molecule has 0 amide bonds. The van der Waals surface area contributed by atoms with Crippen LogP contribution in [0.25, 0.3) is 33.0 Å². The second kappa shape index (κ2) is 3.94. The van der Waals surface area contributed by atoms with E-state index < -0.39 is 5.97 Å². The molecule has 2 nitrogen and oxygen atoms in total. The first-order chi connectivity index (χ1) is 9.75. The van der Waals surface area contributed by atoms with E-state index in [9.17, 15) is 4.79 Å². The molecular weight excluding hydrogens is 248 g/mol. The molecular formula is C18H12O2. The highest BCUT2D eigenvalue weighted by Crippen LogP contribution is 2.47. The van der Waals surface area contributed by atoms with Gasteiger partial charge in [-0.1, -0.05) is 54.6 Å². The summed E-state index contributed by atoms with van der Waals surface area (Å²) in [6.45, 7) is 0. The van der Waals surface area contributed by atoms with Crippen molar-refractivity contribution in [2.45, 2.75) is 6.42 Å². The summed E-state index contributed by atoms with van der Waals surface area (Å²) < 4.78 is 0. The van der Waals surface area contributed by atoms with Gasteiger partial charge >= 0.3 is 5.97 Å². The van der Waals surface area contributed by atoms with Crippen molar-refractivity contribution < 1.29 is 9.90 Å². The first-order valence-electron chi connectivity index (χ1n) is 6.62. The molecule has 2 heteroatoms. The lowest BCUT2D eigenvalue weighted by Gasteiger charge is -2.07. The van der Waals surface area contributed by atoms with Crippen molar-refractivity contribution in [1.82, 2.24) is 0 Å². The number of fused-ring (bicyclic) bond motifs is 3. The van der Waals surface area contributed by atoms with Crippen molar-refractivity contribution in [3.63, 3.8) is 0 Å². The zero-order chi connectivity index (χ0) is 13.7. The van der Waals surface area contributed by atoms with Crippen molar-refractivity contribution in [2.24, 2.45) is 0 Å². The summed E-state index contributed by atoms with van der Waals surface area (Å²) in [4.78, 5) is 11.0. The van der Waals surface area contributed by atoms with Gasteiger partial charge in [-0.05, 0) is 38.6 Å². The third kappa shape index (κ3) is 1.42. The molecule has 3 aromatic rings. The van der Waals surface area contributed by atoms with Gasteiger partial charge in [-0.15, -0.1) is 0 Å². The first kappa shape index (κ1) is 11.2. The molecule has 96 valence electrons. The summed E-state index contributed by atoms with van der Waals surface area (Å²) in [5.41, 5.74) is 5.77. The SMILES string of the molecule is O=C(O)Cc1ccc2c3c(cccc13)-c1ccccc1-2. The Morgan fingerprint density at radius 3 is 2.15 bits per heavy atom. The Morgan fingerprint density at radius 2 is 1.45 bits per heavy atom. The molecule has 0 bridgehead atoms. The summed E-state index contributed by atoms with van der Waals surface area (Å²) >= 11 is 0. The zero-order valence-electron chi connectivity index (χ0n) is 10.8. The summed E-state index contributed by atoms with van der Waals surface area (Å²) in [6, 6.07) is 18.5. The number of hydrogen-bond acceptors (Lipinski definition) is 1. The lowest BCUT2D eigenvalue weighted by atomic mass is 9.97. The van der Waals surface area contributed by atoms with Gasteiger partial charge in [0.2, 0.25) is 0 Å². The summed E-state index contributed by atoms with van der Waals surface area (Å²) in [5, 5.41) is 11.3. The Morgan fingerprint density at radius 1 is 0.800 bits per heavy atom. The van der Waals surface area contributed by atoms with E-state index in [0.717, 1.165) is 10.9 Å². The number of aliphatic carboxylic acids is 1. The van der Waals surface area contributed by atoms with E-state index in [2.05, 4.69) is 24.3 Å². The fourth-order valence-corrected chi connectivity index (χ4v) is 3.19. The van der Waals surface area contributed by atoms with Gasteiger partial charge in [0, 0.05) is 0 Å². The van der Waals surface area contributed by atoms with Gasteiger partial charge in [-0.25, -0.2) is 0 Å². The van der Waals surface area contributed by atoms with E-state index >= 15 is 0 Å². The van der Waals surface area contributed by atoms with Gasteiger partial charge in [0.1, 0.15) is 0 Å². The summed E-state index contributed by atoms with van der Waals surface area (Å²) in [5.74, 6) is -0.791. The van der Waals surface area contributed by atoms with Crippen LogP contribution in [-0.2, 0) is 11.2 Å². The number of carboxylic acids is 1. The predicted octanol–water partition coefficient (Wildman–Crippen LogP) is 4.11. The van der Waals surface area contributed by atoms with Crippen LogP contribution in [0, 0.1) is 0 Å². The van der Waals surface area contributed by atoms with Crippen LogP contribution in [0.3, 0.4) is 0 Å². The molecule has 0 aromatic heterocycles. The fourth-order valence-electron chi connectivity index (χ4n) is 3.19. The molecule has 1 N–H and O–H groups in total. The molecule has 0 spiro atoms. The second-order valence-electron chi connectivity index (χ2n) is 5.12. The third-order valence-corrected chi connectivity index (χ3v) is 3.98. The maximum Gasteiger partial charge on any atom is 0.307 e. The van der Waals surface area contributed by atoms with Gasteiger partial charge < -0.3 is 5.11 Å². The Bertz CT molecular complexity index is 833. The molecule has 0 saturated carbocycles. The van der Waals surface area contributed by atoms with Crippen LogP contribution in [0.5, 0.6) is 0 Å². The van der Waals surface area contributed by atoms with Gasteiger partial charge in [-0.2, -0.15) is 0 Å². The van der Waals surface area contributed by atoms with Crippen LogP contribution < -0.4 is 0 Å². The Kier molecular flexibility index (Phi) is 2.21. The average Bonchev–Trinajstić information content (AvgIpc) is 2.78. The molecule has 0 unspecified atom stereocenters. The number of rotatable bonds is 2. The van der Waals surface area contributed by atoms with E-state index in [1.54, 1.807) is 0 Å². The Balaban J connectivity index is 2.10. The minimum atomic E-state index is -0.791. The fraction of sp³-hybridized carbons (Fsp3) is 0.0556. The molecule has 1 aliphatic rings. The highest BCUT2D eigenvalue weighted by molar-refractivity contribution is 6.16. The van der Waals surface area contributed by atoms with Crippen LogP contribution in [-0.4, -0.2) is 11.1 Å². The summed E-state index contributed by atoms with van der Waals surface area (Å²) in [7, 11) is 0. The van der Waals surface area contributed by atoms with E-state index in [1.807, 2.05) is 30.3 Å². The van der Waals surface area contributed by atoms with Crippen LogP contribution >= 0.6 is 0 Å². The maximum absolute atomic E-state index is 11.0. The van der Waals surface area contributed by atoms with Gasteiger partial charge in [0.25, 0.3) is 0 Å². The van der Waals surface area contributed by atoms with Crippen molar-refractivity contribution in [2.75, 3.05) is 0 Å². The van der Waals surface area contributed by atoms with Gasteiger partial charge in [-0.3, -0.25) is 4.79 Å². The molecule has 0 radical (unpaired) electrons. The highest BCUT2D eigenvalue weighted by atomic mass is 16.4. The quantitative estimate of drug-likeness (QED) is 0.588. The van der Waals surface area contributed by atoms with E-state index in [4.69, 9.17) is 5.11 Å². The molecule has 0 saturated heterocycles. The zero-order valence-corrected chi connectivity index (χ0v) is 10.8. The van der Waals surface area contributed by atoms with E-state index in [1.165, 1.54) is 27.6 Å². The van der Waals surface area contributed by atoms with Gasteiger partial charge in [0.15, 0.2) is 0 Å². The minimum absolute atomic E-state index is 0.0661. The van der Waals surface area contributed by atoms with Gasteiger partial charge in [0.05, 0.1) is 6.42 Å². The minimum Gasteiger partial charge on any atom is -0.481 e. The molecule has 0 fully saturated rings. The molecule has 0 atom stereocenters. The normalized spacial score (nSPS) is 11.6.